The molecule has 0 aliphatic heterocycles. The van der Waals surface area contributed by atoms with Gasteiger partial charge in [-0.05, 0) is 174 Å². The molecule has 79 heavy (non-hydrogen) atoms. The number of benzene rings is 10. The Kier molecular flexibility index (Phi) is 10.6. The van der Waals surface area contributed by atoms with Gasteiger partial charge in [0, 0.05) is 84.2 Å². The van der Waals surface area contributed by atoms with Crippen LogP contribution in [0.15, 0.2) is 197 Å². The van der Waals surface area contributed by atoms with Crippen LogP contribution in [-0.2, 0) is 21.7 Å². The first-order chi connectivity index (χ1) is 37.7. The van der Waals surface area contributed by atoms with Gasteiger partial charge in [0.15, 0.2) is 0 Å². The quantitative estimate of drug-likeness (QED) is 0.159. The highest BCUT2D eigenvalue weighted by Gasteiger charge is 2.37. The SMILES string of the molecule is CC(C)c1c2cc3oc4cc(N(c5ccc(C(C)(C)C)cc5)c5ccc6c(c5)C(C)(C)c5ccccc5-6)ccc4c3cc2cc2c1oc1cc(N(c3ccc(C(C)(C)C)cc3)c3ccc4c(c3)C(C)(C)c3ccccc3-4)ccc12. The van der Waals surface area contributed by atoms with Crippen LogP contribution in [0.4, 0.5) is 34.1 Å². The van der Waals surface area contributed by atoms with Gasteiger partial charge in [-0.15, -0.1) is 0 Å². The largest absolute Gasteiger partial charge is 0.456 e. The van der Waals surface area contributed by atoms with Crippen molar-refractivity contribution >= 4 is 88.8 Å². The van der Waals surface area contributed by atoms with E-state index in [0.717, 1.165) is 83.4 Å². The Balaban J connectivity index is 0.885. The predicted octanol–water partition coefficient (Wildman–Crippen LogP) is 21.9. The van der Waals surface area contributed by atoms with E-state index in [1.54, 1.807) is 0 Å². The van der Waals surface area contributed by atoms with Crippen molar-refractivity contribution in [2.45, 2.75) is 111 Å². The van der Waals surface area contributed by atoms with Crippen molar-refractivity contribution in [2.24, 2.45) is 0 Å². The third-order valence-electron chi connectivity index (χ3n) is 17.9. The fourth-order valence-corrected chi connectivity index (χ4v) is 13.5. The Labute approximate surface area is 464 Å². The molecule has 14 rings (SSSR count). The number of anilines is 6. The highest BCUT2D eigenvalue weighted by Crippen LogP contribution is 2.53. The van der Waals surface area contributed by atoms with E-state index in [9.17, 15) is 0 Å². The minimum absolute atomic E-state index is 0.0359. The van der Waals surface area contributed by atoms with E-state index in [1.807, 2.05) is 0 Å². The average molecular weight is 1030 g/mol. The molecule has 0 N–H and O–H groups in total. The molecule has 0 fully saturated rings. The molecule has 2 aromatic heterocycles. The molecule has 4 nitrogen and oxygen atoms in total. The molecule has 0 atom stereocenters. The number of hydrogen-bond donors (Lipinski definition) is 0. The molecule has 0 saturated carbocycles. The van der Waals surface area contributed by atoms with Crippen LogP contribution in [0.2, 0.25) is 0 Å². The van der Waals surface area contributed by atoms with Gasteiger partial charge in [-0.25, -0.2) is 0 Å². The Morgan fingerprint density at radius 3 is 1.23 bits per heavy atom. The van der Waals surface area contributed by atoms with Crippen molar-refractivity contribution in [3.05, 3.63) is 227 Å². The van der Waals surface area contributed by atoms with E-state index in [1.165, 1.54) is 66.6 Å². The van der Waals surface area contributed by atoms with Gasteiger partial charge in [0.25, 0.3) is 0 Å². The van der Waals surface area contributed by atoms with Gasteiger partial charge in [-0.1, -0.05) is 168 Å². The highest BCUT2D eigenvalue weighted by molar-refractivity contribution is 6.17. The zero-order valence-electron chi connectivity index (χ0n) is 47.7. The second-order valence-electron chi connectivity index (χ2n) is 26.0. The van der Waals surface area contributed by atoms with Crippen LogP contribution < -0.4 is 9.80 Å². The molecule has 0 bridgehead atoms. The van der Waals surface area contributed by atoms with Crippen molar-refractivity contribution in [1.82, 2.24) is 0 Å². The minimum Gasteiger partial charge on any atom is -0.456 e. The lowest BCUT2D eigenvalue weighted by Crippen LogP contribution is -2.17. The summed E-state index contributed by atoms with van der Waals surface area (Å²) in [4.78, 5) is 4.79. The Morgan fingerprint density at radius 2 is 0.747 bits per heavy atom. The van der Waals surface area contributed by atoms with Gasteiger partial charge in [0.05, 0.1) is 0 Å². The first-order valence-corrected chi connectivity index (χ1v) is 28.3. The fraction of sp³-hybridized carbons (Fsp3) is 0.227. The van der Waals surface area contributed by atoms with Gasteiger partial charge >= 0.3 is 0 Å². The standard InChI is InChI=1S/C75H68N2O2/c1-44(2)70-60-43-69-61(58-35-31-52(41-67(58)78-69)76(48-25-21-46(22-26-48)72(3,4)5)50-29-33-56-54-17-13-15-19-63(54)74(9,10)65(56)39-50)37-45(60)38-62-59-36-32-53(42-68(59)79-71(62)70)77(49-27-23-47(24-28-49)73(6,7)8)51-30-34-57-55-18-14-16-20-64(55)75(11,12)66(57)40-51/h13-44H,1-12H3. The van der Waals surface area contributed by atoms with Crippen molar-refractivity contribution in [3.8, 4) is 22.3 Å². The first kappa shape index (κ1) is 49.0. The zero-order valence-corrected chi connectivity index (χ0v) is 47.7. The van der Waals surface area contributed by atoms with Crippen molar-refractivity contribution in [1.29, 1.82) is 0 Å². The first-order valence-electron chi connectivity index (χ1n) is 28.3. The van der Waals surface area contributed by atoms with Gasteiger partial charge in [0.1, 0.15) is 22.3 Å². The van der Waals surface area contributed by atoms with E-state index >= 15 is 0 Å². The third kappa shape index (κ3) is 7.54. The maximum atomic E-state index is 7.15. The molecule has 0 saturated heterocycles. The number of rotatable bonds is 7. The van der Waals surface area contributed by atoms with Crippen molar-refractivity contribution < 1.29 is 8.83 Å². The Bertz CT molecular complexity index is 4470. The highest BCUT2D eigenvalue weighted by atomic mass is 16.3. The molecular weight excluding hydrogens is 961 g/mol. The maximum absolute atomic E-state index is 7.15. The lowest BCUT2D eigenvalue weighted by molar-refractivity contribution is 0.590. The lowest BCUT2D eigenvalue weighted by atomic mass is 9.82. The van der Waals surface area contributed by atoms with E-state index in [2.05, 4.69) is 281 Å². The molecule has 0 amide bonds. The predicted molar refractivity (Wildman–Crippen MR) is 334 cm³/mol. The minimum atomic E-state index is -0.132. The number of furan rings is 2. The zero-order chi connectivity index (χ0) is 54.7. The molecule has 12 aromatic rings. The summed E-state index contributed by atoms with van der Waals surface area (Å²) in [5.41, 5.74) is 24.4. The van der Waals surface area contributed by atoms with E-state index in [-0.39, 0.29) is 27.6 Å². The van der Waals surface area contributed by atoms with Crippen LogP contribution in [0.25, 0.3) is 76.9 Å². The third-order valence-corrected chi connectivity index (χ3v) is 17.9. The molecule has 0 radical (unpaired) electrons. The molecule has 2 aliphatic rings. The monoisotopic (exact) mass is 1030 g/mol. The van der Waals surface area contributed by atoms with E-state index in [4.69, 9.17) is 8.83 Å². The van der Waals surface area contributed by atoms with Crippen LogP contribution in [0.5, 0.6) is 0 Å². The smallest absolute Gasteiger partial charge is 0.139 e. The van der Waals surface area contributed by atoms with Gasteiger partial charge in [-0.2, -0.15) is 0 Å². The van der Waals surface area contributed by atoms with E-state index < -0.39 is 0 Å². The van der Waals surface area contributed by atoms with Crippen LogP contribution in [0, 0.1) is 0 Å². The normalized spacial score (nSPS) is 14.4. The molecule has 2 aliphatic carbocycles. The molecular formula is C75H68N2O2. The molecule has 0 unspecified atom stereocenters. The van der Waals surface area contributed by atoms with Gasteiger partial charge in [-0.3, -0.25) is 0 Å². The number of nitrogens with zero attached hydrogens (tertiary/aromatic N) is 2. The van der Waals surface area contributed by atoms with Crippen LogP contribution >= 0.6 is 0 Å². The summed E-state index contributed by atoms with van der Waals surface area (Å²) in [6.45, 7) is 27.6. The Hall–Kier alpha value is -8.34. The summed E-state index contributed by atoms with van der Waals surface area (Å²) in [5.74, 6) is 0.180. The summed E-state index contributed by atoms with van der Waals surface area (Å²) in [6, 6.07) is 70.5. The summed E-state index contributed by atoms with van der Waals surface area (Å²) >= 11 is 0. The lowest BCUT2D eigenvalue weighted by Gasteiger charge is -2.29. The second kappa shape index (κ2) is 17.1. The number of fused-ring (bicyclic) bond motifs is 13. The summed E-state index contributed by atoms with van der Waals surface area (Å²) < 4.78 is 14.1. The molecule has 4 heteroatoms. The molecule has 10 aromatic carbocycles. The van der Waals surface area contributed by atoms with Crippen molar-refractivity contribution in [3.63, 3.8) is 0 Å². The van der Waals surface area contributed by atoms with Gasteiger partial charge in [0.2, 0.25) is 0 Å². The maximum Gasteiger partial charge on any atom is 0.139 e. The summed E-state index contributed by atoms with van der Waals surface area (Å²) in [7, 11) is 0. The van der Waals surface area contributed by atoms with E-state index in [0.29, 0.717) is 0 Å². The second-order valence-corrected chi connectivity index (χ2v) is 26.0. The fourth-order valence-electron chi connectivity index (χ4n) is 13.5. The van der Waals surface area contributed by atoms with Crippen molar-refractivity contribution in [2.75, 3.05) is 9.80 Å². The Morgan fingerprint density at radius 1 is 0.354 bits per heavy atom. The van der Waals surface area contributed by atoms with Crippen LogP contribution in [-0.4, -0.2) is 0 Å². The van der Waals surface area contributed by atoms with Crippen LogP contribution in [0.3, 0.4) is 0 Å². The molecule has 0 spiro atoms. The number of hydrogen-bond acceptors (Lipinski definition) is 4. The van der Waals surface area contributed by atoms with Gasteiger partial charge < -0.3 is 18.6 Å². The summed E-state index contributed by atoms with van der Waals surface area (Å²) in [5, 5.41) is 6.75. The average Bonchev–Trinajstić information content (AvgIpc) is 4.21. The molecule has 390 valence electrons. The summed E-state index contributed by atoms with van der Waals surface area (Å²) in [6.07, 6.45) is 0. The topological polar surface area (TPSA) is 32.8 Å². The van der Waals surface area contributed by atoms with Crippen LogP contribution in [0.1, 0.15) is 128 Å². The molecule has 2 heterocycles.